The molecule has 0 saturated carbocycles. The molecule has 0 saturated heterocycles. The van der Waals surface area contributed by atoms with Crippen LogP contribution in [0.15, 0.2) is 54.6 Å². The van der Waals surface area contributed by atoms with E-state index < -0.39 is 0 Å². The van der Waals surface area contributed by atoms with E-state index in [-0.39, 0.29) is 5.91 Å². The van der Waals surface area contributed by atoms with Gasteiger partial charge in [-0.1, -0.05) is 60.2 Å². The van der Waals surface area contributed by atoms with Crippen LogP contribution in [0.25, 0.3) is 0 Å². The number of rotatable bonds is 5. The zero-order valence-electron chi connectivity index (χ0n) is 14.8. The summed E-state index contributed by atoms with van der Waals surface area (Å²) in [5.74, 6) is 0.625. The van der Waals surface area contributed by atoms with Crippen molar-refractivity contribution in [3.05, 3.63) is 82.5 Å². The summed E-state index contributed by atoms with van der Waals surface area (Å²) in [6.07, 6.45) is 0.358. The topological polar surface area (TPSA) is 61.0 Å². The van der Waals surface area contributed by atoms with Crippen molar-refractivity contribution in [3.8, 4) is 0 Å². The van der Waals surface area contributed by atoms with Crippen molar-refractivity contribution in [2.24, 2.45) is 0 Å². The van der Waals surface area contributed by atoms with Gasteiger partial charge >= 0.3 is 0 Å². The molecule has 1 aromatic heterocycles. The van der Waals surface area contributed by atoms with Crippen LogP contribution >= 0.6 is 0 Å². The van der Waals surface area contributed by atoms with Gasteiger partial charge < -0.3 is 5.32 Å². The number of nitrogens with zero attached hydrogens (tertiary/aromatic N) is 2. The van der Waals surface area contributed by atoms with E-state index in [9.17, 15) is 4.79 Å². The van der Waals surface area contributed by atoms with Gasteiger partial charge in [-0.25, -0.2) is 0 Å². The maximum Gasteiger partial charge on any atom is 0.230 e. The van der Waals surface area contributed by atoms with Gasteiger partial charge in [-0.05, 0) is 18.1 Å². The van der Waals surface area contributed by atoms with Crippen molar-refractivity contribution >= 4 is 11.7 Å². The van der Waals surface area contributed by atoms with Crippen molar-refractivity contribution in [3.63, 3.8) is 0 Å². The Hall–Kier alpha value is -2.92. The third-order valence-corrected chi connectivity index (χ3v) is 4.67. The van der Waals surface area contributed by atoms with Crippen molar-refractivity contribution in [2.75, 3.05) is 5.32 Å². The number of H-pyrrole nitrogens is 1. The van der Waals surface area contributed by atoms with Crippen molar-refractivity contribution in [2.45, 2.75) is 33.0 Å². The molecular weight excluding hydrogens is 324 g/mol. The lowest BCUT2D eigenvalue weighted by Crippen LogP contribution is -2.18. The molecule has 5 nitrogen and oxygen atoms in total. The molecule has 2 N–H and O–H groups in total. The molecule has 0 unspecified atom stereocenters. The van der Waals surface area contributed by atoms with E-state index in [0.717, 1.165) is 42.0 Å². The van der Waals surface area contributed by atoms with E-state index in [4.69, 9.17) is 0 Å². The zero-order chi connectivity index (χ0) is 17.9. The van der Waals surface area contributed by atoms with Crippen molar-refractivity contribution in [1.82, 2.24) is 15.1 Å². The molecule has 3 aromatic rings. The number of carbonyl (C=O) groups excluding carboxylic acids is 1. The van der Waals surface area contributed by atoms with Gasteiger partial charge in [0.25, 0.3) is 0 Å². The monoisotopic (exact) mass is 346 g/mol. The van der Waals surface area contributed by atoms with Crippen LogP contribution in [0, 0.1) is 6.92 Å². The Morgan fingerprint density at radius 2 is 1.92 bits per heavy atom. The molecule has 132 valence electrons. The van der Waals surface area contributed by atoms with E-state index in [1.54, 1.807) is 0 Å². The quantitative estimate of drug-likeness (QED) is 0.744. The minimum Gasteiger partial charge on any atom is -0.309 e. The summed E-state index contributed by atoms with van der Waals surface area (Å²) >= 11 is 0. The molecule has 2 heterocycles. The first-order valence-electron chi connectivity index (χ1n) is 8.85. The highest BCUT2D eigenvalue weighted by molar-refractivity contribution is 5.92. The fraction of sp³-hybridized carbons (Fsp3) is 0.238. The molecule has 0 bridgehead atoms. The summed E-state index contributed by atoms with van der Waals surface area (Å²) < 4.78 is 0. The highest BCUT2D eigenvalue weighted by Crippen LogP contribution is 2.28. The minimum absolute atomic E-state index is 0.0357. The first kappa shape index (κ1) is 16.5. The molecule has 5 heteroatoms. The highest BCUT2D eigenvalue weighted by atomic mass is 16.1. The van der Waals surface area contributed by atoms with Crippen LogP contribution < -0.4 is 5.32 Å². The predicted octanol–water partition coefficient (Wildman–Crippen LogP) is 3.42. The number of nitrogens with one attached hydrogen (secondary N) is 2. The minimum atomic E-state index is -0.0357. The summed E-state index contributed by atoms with van der Waals surface area (Å²) in [5, 5.41) is 10.3. The molecule has 1 aliphatic heterocycles. The largest absolute Gasteiger partial charge is 0.309 e. The number of carbonyl (C=O) groups is 1. The van der Waals surface area contributed by atoms with E-state index >= 15 is 0 Å². The lowest BCUT2D eigenvalue weighted by Gasteiger charge is -2.15. The molecule has 2 aromatic carbocycles. The van der Waals surface area contributed by atoms with Gasteiger partial charge in [-0.15, -0.1) is 0 Å². The molecule has 0 aliphatic carbocycles. The standard InChI is InChI=1S/C21H22N4O/c1-15-6-5-9-17(10-15)11-20(26)22-21-18-13-25(14-19(18)23-24-21)12-16-7-3-2-4-8-16/h2-10H,11-14H2,1H3,(H2,22,23,24,26). The third-order valence-electron chi connectivity index (χ3n) is 4.67. The van der Waals surface area contributed by atoms with Crippen LogP contribution in [-0.4, -0.2) is 21.0 Å². The maximum atomic E-state index is 12.4. The van der Waals surface area contributed by atoms with Gasteiger partial charge in [0.05, 0.1) is 12.1 Å². The maximum absolute atomic E-state index is 12.4. The Labute approximate surface area is 153 Å². The number of amides is 1. The molecule has 1 amide bonds. The van der Waals surface area contributed by atoms with Gasteiger partial charge in [0, 0.05) is 25.2 Å². The first-order valence-corrected chi connectivity index (χ1v) is 8.85. The summed E-state index contributed by atoms with van der Waals surface area (Å²) in [6, 6.07) is 18.4. The lowest BCUT2D eigenvalue weighted by molar-refractivity contribution is -0.115. The van der Waals surface area contributed by atoms with Crippen LogP contribution in [0.3, 0.4) is 0 Å². The summed E-state index contributed by atoms with van der Waals surface area (Å²) in [7, 11) is 0. The van der Waals surface area contributed by atoms with E-state index in [2.05, 4.69) is 44.7 Å². The van der Waals surface area contributed by atoms with E-state index in [1.165, 1.54) is 5.56 Å². The van der Waals surface area contributed by atoms with E-state index in [1.807, 2.05) is 37.3 Å². The molecule has 26 heavy (non-hydrogen) atoms. The molecule has 0 atom stereocenters. The molecule has 0 radical (unpaired) electrons. The Bertz CT molecular complexity index is 917. The number of hydrogen-bond donors (Lipinski definition) is 2. The molecule has 1 aliphatic rings. The second-order valence-corrected chi connectivity index (χ2v) is 6.87. The van der Waals surface area contributed by atoms with Crippen molar-refractivity contribution in [1.29, 1.82) is 0 Å². The van der Waals surface area contributed by atoms with Crippen LogP contribution in [0.4, 0.5) is 5.82 Å². The number of aromatic amines is 1. The number of anilines is 1. The number of aromatic nitrogens is 2. The number of hydrogen-bond acceptors (Lipinski definition) is 3. The summed E-state index contributed by atoms with van der Waals surface area (Å²) in [5.41, 5.74) is 5.65. The van der Waals surface area contributed by atoms with Crippen LogP contribution in [0.2, 0.25) is 0 Å². The van der Waals surface area contributed by atoms with Crippen molar-refractivity contribution < 1.29 is 4.79 Å². The van der Waals surface area contributed by atoms with Crippen LogP contribution in [-0.2, 0) is 30.8 Å². The summed E-state index contributed by atoms with van der Waals surface area (Å²) in [4.78, 5) is 14.7. The smallest absolute Gasteiger partial charge is 0.230 e. The Morgan fingerprint density at radius 3 is 2.73 bits per heavy atom. The predicted molar refractivity (Wildman–Crippen MR) is 101 cm³/mol. The third kappa shape index (κ3) is 3.68. The first-order chi connectivity index (χ1) is 12.7. The molecular formula is C21H22N4O. The lowest BCUT2D eigenvalue weighted by atomic mass is 10.1. The fourth-order valence-electron chi connectivity index (χ4n) is 3.45. The van der Waals surface area contributed by atoms with Gasteiger partial charge in [-0.2, -0.15) is 5.10 Å². The van der Waals surface area contributed by atoms with Gasteiger partial charge in [0.15, 0.2) is 5.82 Å². The average molecular weight is 346 g/mol. The van der Waals surface area contributed by atoms with Crippen LogP contribution in [0.5, 0.6) is 0 Å². The number of fused-ring (bicyclic) bond motifs is 1. The number of aryl methyl sites for hydroxylation is 1. The second-order valence-electron chi connectivity index (χ2n) is 6.87. The molecule has 4 rings (SSSR count). The van der Waals surface area contributed by atoms with Gasteiger partial charge in [0.2, 0.25) is 5.91 Å². The SMILES string of the molecule is Cc1cccc(CC(=O)Nc2n[nH]c3c2CN(Cc2ccccc2)C3)c1. The molecule has 0 fully saturated rings. The molecule has 0 spiro atoms. The number of benzene rings is 2. The fourth-order valence-corrected chi connectivity index (χ4v) is 3.45. The second kappa shape index (κ2) is 7.14. The Balaban J connectivity index is 1.39. The highest BCUT2D eigenvalue weighted by Gasteiger charge is 2.25. The van der Waals surface area contributed by atoms with Gasteiger partial charge in [0.1, 0.15) is 0 Å². The Morgan fingerprint density at radius 1 is 1.12 bits per heavy atom. The van der Waals surface area contributed by atoms with Crippen LogP contribution in [0.1, 0.15) is 27.9 Å². The zero-order valence-corrected chi connectivity index (χ0v) is 14.8. The summed E-state index contributed by atoms with van der Waals surface area (Å²) in [6.45, 7) is 4.54. The Kier molecular flexibility index (Phi) is 4.54. The average Bonchev–Trinajstić information content (AvgIpc) is 3.17. The van der Waals surface area contributed by atoms with Gasteiger partial charge in [-0.3, -0.25) is 14.8 Å². The van der Waals surface area contributed by atoms with E-state index in [0.29, 0.717) is 12.2 Å². The normalized spacial score (nSPS) is 13.6.